The Kier molecular flexibility index (Phi) is 5.43. The number of anilines is 3. The van der Waals surface area contributed by atoms with E-state index in [1.165, 1.54) is 10.4 Å². The number of hydrogen-bond donors (Lipinski definition) is 1. The second-order valence-electron chi connectivity index (χ2n) is 8.05. The van der Waals surface area contributed by atoms with Gasteiger partial charge in [0.05, 0.1) is 22.3 Å². The molecule has 1 N–H and O–H groups in total. The summed E-state index contributed by atoms with van der Waals surface area (Å²) in [6, 6.07) is 6.68. The normalized spacial score (nSPS) is 14.5. The molecule has 0 saturated heterocycles. The van der Waals surface area contributed by atoms with Crippen LogP contribution in [-0.2, 0) is 22.8 Å². The summed E-state index contributed by atoms with van der Waals surface area (Å²) in [4.78, 5) is 12.1. The van der Waals surface area contributed by atoms with Gasteiger partial charge in [0.2, 0.25) is 6.41 Å². The Labute approximate surface area is 183 Å². The van der Waals surface area contributed by atoms with Crippen LogP contribution in [0.25, 0.3) is 16.5 Å². The number of nitrogens with one attached hydrogen (secondary N) is 1. The van der Waals surface area contributed by atoms with Crippen molar-refractivity contribution in [2.75, 3.05) is 9.62 Å². The third-order valence-electron chi connectivity index (χ3n) is 5.55. The number of allylic oxidation sites excluding steroid dienone is 1. The van der Waals surface area contributed by atoms with Gasteiger partial charge < -0.3 is 5.32 Å². The molecule has 1 atom stereocenters. The molecule has 1 aliphatic carbocycles. The number of fused-ring (bicyclic) bond motifs is 1. The fraction of sp³-hybridized carbons (Fsp3) is 0.304. The summed E-state index contributed by atoms with van der Waals surface area (Å²) in [7, 11) is 0.321. The average molecular weight is 441 g/mol. The minimum Gasteiger partial charge on any atom is -0.351 e. The molecule has 0 aliphatic heterocycles. The predicted molar refractivity (Wildman–Crippen MR) is 124 cm³/mol. The lowest BCUT2D eigenvalue weighted by Gasteiger charge is -2.24. The zero-order chi connectivity index (χ0) is 22.4. The first-order chi connectivity index (χ1) is 14.7. The fourth-order valence-electron chi connectivity index (χ4n) is 3.64. The zero-order valence-corrected chi connectivity index (χ0v) is 18.8. The van der Waals surface area contributed by atoms with Gasteiger partial charge >= 0.3 is 0 Å². The Morgan fingerprint density at radius 1 is 1.35 bits per heavy atom. The monoisotopic (exact) mass is 440 g/mol. The molecule has 1 aliphatic rings. The maximum Gasteiger partial charge on any atom is 0.226 e. The molecule has 3 aromatic rings. The number of carbonyl (C=O) groups excluding carboxylic acids is 1. The molecule has 1 fully saturated rings. The van der Waals surface area contributed by atoms with Gasteiger partial charge in [-0.1, -0.05) is 12.6 Å². The van der Waals surface area contributed by atoms with Gasteiger partial charge in [-0.3, -0.25) is 9.48 Å². The van der Waals surface area contributed by atoms with Crippen molar-refractivity contribution in [3.05, 3.63) is 53.5 Å². The van der Waals surface area contributed by atoms with Gasteiger partial charge in [-0.2, -0.15) is 5.10 Å². The first-order valence-electron chi connectivity index (χ1n) is 10.1. The Morgan fingerprint density at radius 3 is 2.65 bits per heavy atom. The van der Waals surface area contributed by atoms with Crippen LogP contribution in [0.5, 0.6) is 0 Å². The fourth-order valence-corrected chi connectivity index (χ4v) is 4.92. The van der Waals surface area contributed by atoms with Crippen molar-refractivity contribution >= 4 is 50.9 Å². The summed E-state index contributed by atoms with van der Waals surface area (Å²) in [5, 5.41) is 8.55. The number of aryl methyl sites for hydroxylation is 3. The van der Waals surface area contributed by atoms with E-state index in [0.717, 1.165) is 29.5 Å². The number of amides is 1. The van der Waals surface area contributed by atoms with Crippen LogP contribution in [0.4, 0.5) is 21.5 Å². The molecule has 31 heavy (non-hydrogen) atoms. The number of hydrogen-bond acceptors (Lipinski definition) is 4. The van der Waals surface area contributed by atoms with Crippen molar-refractivity contribution in [1.82, 2.24) is 9.78 Å². The maximum absolute atomic E-state index is 14.7. The van der Waals surface area contributed by atoms with Crippen LogP contribution in [0.2, 0.25) is 0 Å². The van der Waals surface area contributed by atoms with E-state index in [2.05, 4.69) is 17.0 Å². The Balaban J connectivity index is 2.02. The molecule has 1 aromatic heterocycles. The van der Waals surface area contributed by atoms with E-state index in [0.29, 0.717) is 34.4 Å². The molecular formula is C23H25FN4O2S. The largest absolute Gasteiger partial charge is 0.351 e. The Bertz CT molecular complexity index is 1250. The van der Waals surface area contributed by atoms with Crippen LogP contribution >= 0.6 is 0 Å². The van der Waals surface area contributed by atoms with Crippen molar-refractivity contribution < 1.29 is 13.4 Å². The first kappa shape index (κ1) is 21.2. The van der Waals surface area contributed by atoms with E-state index < -0.39 is 16.8 Å². The first-order valence-corrected chi connectivity index (χ1v) is 11.2. The molecule has 6 nitrogen and oxygen atoms in total. The van der Waals surface area contributed by atoms with Crippen molar-refractivity contribution in [1.29, 1.82) is 0 Å². The highest BCUT2D eigenvalue weighted by molar-refractivity contribution is 7.88. The minimum absolute atomic E-state index is 0.0480. The predicted octanol–water partition coefficient (Wildman–Crippen LogP) is 4.89. The van der Waals surface area contributed by atoms with E-state index in [-0.39, 0.29) is 10.9 Å². The van der Waals surface area contributed by atoms with E-state index in [1.807, 2.05) is 27.8 Å². The smallest absolute Gasteiger partial charge is 0.226 e. The number of nitrogens with zero attached hydrogens (tertiary/aromatic N) is 3. The molecule has 0 radical (unpaired) electrons. The molecular weight excluding hydrogens is 415 g/mol. The standard InChI is InChI=1S/C23H25FN4O2S/c1-13(2)21-22-17(15(4)27(5)26-22)11-20(28(12-29)31(30)16-7-8-16)23(21)25-19-9-6-14(3)10-18(19)24/h6,9-12,16,25H,1,7-8H2,2-5H3. The van der Waals surface area contributed by atoms with Crippen LogP contribution in [0.1, 0.15) is 36.6 Å². The van der Waals surface area contributed by atoms with Crippen LogP contribution in [0.15, 0.2) is 30.8 Å². The molecule has 0 bridgehead atoms. The third-order valence-corrected chi connectivity index (χ3v) is 7.26. The van der Waals surface area contributed by atoms with Crippen LogP contribution in [-0.4, -0.2) is 25.6 Å². The number of benzene rings is 2. The van der Waals surface area contributed by atoms with Crippen molar-refractivity contribution in [3.63, 3.8) is 0 Å². The lowest BCUT2D eigenvalue weighted by molar-refractivity contribution is -0.106. The summed E-state index contributed by atoms with van der Waals surface area (Å²) >= 11 is 0. The molecule has 4 rings (SSSR count). The van der Waals surface area contributed by atoms with Gasteiger partial charge in [-0.25, -0.2) is 12.9 Å². The number of rotatable bonds is 7. The highest BCUT2D eigenvalue weighted by Crippen LogP contribution is 2.43. The molecule has 1 amide bonds. The Hall–Kier alpha value is -3.00. The number of halogens is 1. The number of aromatic nitrogens is 2. The van der Waals surface area contributed by atoms with Gasteiger partial charge in [0.25, 0.3) is 0 Å². The molecule has 0 spiro atoms. The second-order valence-corrected chi connectivity index (χ2v) is 9.66. The summed E-state index contributed by atoms with van der Waals surface area (Å²) < 4.78 is 30.7. The summed E-state index contributed by atoms with van der Waals surface area (Å²) in [5.74, 6) is -0.420. The molecule has 162 valence electrons. The molecule has 2 aromatic carbocycles. The molecule has 8 heteroatoms. The SMILES string of the molecule is C=C(C)c1c(Nc2ccc(C)cc2F)c(N(C=O)S(=O)C2CC2)cc2c(C)n(C)nc12. The van der Waals surface area contributed by atoms with E-state index >= 15 is 0 Å². The summed E-state index contributed by atoms with van der Waals surface area (Å²) in [5.41, 5.74) is 4.87. The van der Waals surface area contributed by atoms with Crippen LogP contribution in [0, 0.1) is 19.7 Å². The van der Waals surface area contributed by atoms with Crippen molar-refractivity contribution in [2.24, 2.45) is 7.05 Å². The van der Waals surface area contributed by atoms with E-state index in [9.17, 15) is 13.4 Å². The van der Waals surface area contributed by atoms with Gasteiger partial charge in [-0.15, -0.1) is 0 Å². The molecule has 1 heterocycles. The van der Waals surface area contributed by atoms with Crippen molar-refractivity contribution in [2.45, 2.75) is 38.9 Å². The van der Waals surface area contributed by atoms with Gasteiger partial charge in [0.1, 0.15) is 22.3 Å². The lowest BCUT2D eigenvalue weighted by atomic mass is 10.00. The van der Waals surface area contributed by atoms with Gasteiger partial charge in [0.15, 0.2) is 0 Å². The van der Waals surface area contributed by atoms with Gasteiger partial charge in [0, 0.05) is 23.7 Å². The van der Waals surface area contributed by atoms with E-state index in [1.54, 1.807) is 22.9 Å². The number of carbonyl (C=O) groups is 1. The average Bonchev–Trinajstić information content (AvgIpc) is 3.52. The molecule has 1 saturated carbocycles. The highest BCUT2D eigenvalue weighted by Gasteiger charge is 2.35. The van der Waals surface area contributed by atoms with Crippen molar-refractivity contribution in [3.8, 4) is 0 Å². The zero-order valence-electron chi connectivity index (χ0n) is 18.0. The van der Waals surface area contributed by atoms with Gasteiger partial charge in [-0.05, 0) is 62.9 Å². The molecule has 1 unspecified atom stereocenters. The summed E-state index contributed by atoms with van der Waals surface area (Å²) in [6.07, 6.45) is 2.21. The second kappa shape index (κ2) is 7.92. The summed E-state index contributed by atoms with van der Waals surface area (Å²) in [6.45, 7) is 9.68. The minimum atomic E-state index is -1.52. The highest BCUT2D eigenvalue weighted by atomic mass is 32.2. The third kappa shape index (κ3) is 3.76. The van der Waals surface area contributed by atoms with E-state index in [4.69, 9.17) is 0 Å². The quantitative estimate of drug-likeness (QED) is 0.531. The van der Waals surface area contributed by atoms with Crippen LogP contribution in [0.3, 0.4) is 0 Å². The Morgan fingerprint density at radius 2 is 2.06 bits per heavy atom. The maximum atomic E-state index is 14.7. The topological polar surface area (TPSA) is 67.2 Å². The van der Waals surface area contributed by atoms with Crippen LogP contribution < -0.4 is 9.62 Å². The lowest BCUT2D eigenvalue weighted by Crippen LogP contribution is -2.27.